The van der Waals surface area contributed by atoms with Crippen LogP contribution in [0.3, 0.4) is 0 Å². The molecule has 0 N–H and O–H groups in total. The fourth-order valence-electron chi connectivity index (χ4n) is 2.68. The second-order valence-corrected chi connectivity index (χ2v) is 5.51. The van der Waals surface area contributed by atoms with Gasteiger partial charge < -0.3 is 9.64 Å². The maximum Gasteiger partial charge on any atom is 0.123 e. The van der Waals surface area contributed by atoms with Gasteiger partial charge in [-0.1, -0.05) is 6.07 Å². The highest BCUT2D eigenvalue weighted by Crippen LogP contribution is 2.33. The molecule has 1 aromatic rings. The highest BCUT2D eigenvalue weighted by molar-refractivity contribution is 5.45. The maximum absolute atomic E-state index is 5.55. The molecule has 18 heavy (non-hydrogen) atoms. The normalized spacial score (nSPS) is 20.0. The highest BCUT2D eigenvalue weighted by atomic mass is 16.5. The smallest absolute Gasteiger partial charge is 0.123 e. The van der Waals surface area contributed by atoms with Gasteiger partial charge in [0, 0.05) is 24.7 Å². The van der Waals surface area contributed by atoms with Crippen LogP contribution in [0.15, 0.2) is 12.1 Å². The van der Waals surface area contributed by atoms with Crippen molar-refractivity contribution in [1.29, 1.82) is 0 Å². The lowest BCUT2D eigenvalue weighted by atomic mass is 9.91. The molecule has 0 aliphatic carbocycles. The fourth-order valence-corrected chi connectivity index (χ4v) is 2.68. The maximum atomic E-state index is 5.55. The third kappa shape index (κ3) is 2.52. The van der Waals surface area contributed by atoms with E-state index in [4.69, 9.17) is 4.74 Å². The van der Waals surface area contributed by atoms with Gasteiger partial charge in [-0.2, -0.15) is 0 Å². The van der Waals surface area contributed by atoms with E-state index in [1.165, 1.54) is 16.7 Å². The van der Waals surface area contributed by atoms with Crippen LogP contribution in [0.25, 0.3) is 0 Å². The second-order valence-electron chi connectivity index (χ2n) is 5.51. The van der Waals surface area contributed by atoms with E-state index >= 15 is 0 Å². The Hall–Kier alpha value is -1.06. The number of likely N-dealkylation sites (N-methyl/N-ethyl adjacent to an activating group) is 1. The standard InChI is InChI=1S/C15H24N2O/c1-11-14-9-15(18-5)13(10-16(2)3)8-12(14)6-7-17(11)4/h8-9,11H,6-7,10H2,1-5H3. The molecule has 1 heterocycles. The Morgan fingerprint density at radius 1 is 1.39 bits per heavy atom. The molecular formula is C15H24N2O. The van der Waals surface area contributed by atoms with E-state index in [0.29, 0.717) is 6.04 Å². The summed E-state index contributed by atoms with van der Waals surface area (Å²) in [5, 5.41) is 0. The van der Waals surface area contributed by atoms with Gasteiger partial charge in [0.25, 0.3) is 0 Å². The zero-order valence-electron chi connectivity index (χ0n) is 12.2. The molecule has 0 saturated heterocycles. The van der Waals surface area contributed by atoms with Gasteiger partial charge in [-0.25, -0.2) is 0 Å². The van der Waals surface area contributed by atoms with E-state index in [1.807, 2.05) is 0 Å². The van der Waals surface area contributed by atoms with Crippen molar-refractivity contribution >= 4 is 0 Å². The van der Waals surface area contributed by atoms with E-state index in [1.54, 1.807) is 7.11 Å². The molecule has 1 aromatic carbocycles. The van der Waals surface area contributed by atoms with E-state index in [0.717, 1.165) is 25.3 Å². The monoisotopic (exact) mass is 248 g/mol. The summed E-state index contributed by atoms with van der Waals surface area (Å²) < 4.78 is 5.55. The molecule has 0 amide bonds. The van der Waals surface area contributed by atoms with Crippen LogP contribution >= 0.6 is 0 Å². The van der Waals surface area contributed by atoms with Crippen LogP contribution in [0.1, 0.15) is 29.7 Å². The van der Waals surface area contributed by atoms with Crippen LogP contribution < -0.4 is 4.74 Å². The van der Waals surface area contributed by atoms with Crippen molar-refractivity contribution in [2.45, 2.75) is 25.9 Å². The molecule has 3 heteroatoms. The van der Waals surface area contributed by atoms with Crippen LogP contribution in [-0.2, 0) is 13.0 Å². The van der Waals surface area contributed by atoms with Gasteiger partial charge in [0.15, 0.2) is 0 Å². The number of hydrogen-bond acceptors (Lipinski definition) is 3. The molecule has 0 bridgehead atoms. The Morgan fingerprint density at radius 3 is 2.72 bits per heavy atom. The van der Waals surface area contributed by atoms with Crippen molar-refractivity contribution in [2.24, 2.45) is 0 Å². The predicted octanol–water partition coefficient (Wildman–Crippen LogP) is 2.31. The average Bonchev–Trinajstić information content (AvgIpc) is 2.33. The molecule has 100 valence electrons. The Balaban J connectivity index is 2.41. The summed E-state index contributed by atoms with van der Waals surface area (Å²) in [6, 6.07) is 5.04. The number of ether oxygens (including phenoxy) is 1. The summed E-state index contributed by atoms with van der Waals surface area (Å²) in [5.74, 6) is 1.02. The van der Waals surface area contributed by atoms with E-state index in [-0.39, 0.29) is 0 Å². The minimum absolute atomic E-state index is 0.482. The fraction of sp³-hybridized carbons (Fsp3) is 0.600. The number of hydrogen-bond donors (Lipinski definition) is 0. The zero-order chi connectivity index (χ0) is 13.3. The van der Waals surface area contributed by atoms with Crippen LogP contribution in [0.5, 0.6) is 5.75 Å². The van der Waals surface area contributed by atoms with Crippen LogP contribution in [-0.4, -0.2) is 44.6 Å². The summed E-state index contributed by atoms with van der Waals surface area (Å²) in [4.78, 5) is 4.58. The Labute approximate surface area is 110 Å². The van der Waals surface area contributed by atoms with Crippen LogP contribution in [0, 0.1) is 0 Å². The predicted molar refractivity (Wildman–Crippen MR) is 75.1 cm³/mol. The Bertz CT molecular complexity index is 429. The molecule has 3 nitrogen and oxygen atoms in total. The average molecular weight is 248 g/mol. The Morgan fingerprint density at radius 2 is 2.11 bits per heavy atom. The van der Waals surface area contributed by atoms with Crippen molar-refractivity contribution < 1.29 is 4.74 Å². The lowest BCUT2D eigenvalue weighted by molar-refractivity contribution is 0.246. The first-order chi connectivity index (χ1) is 8.52. The second kappa shape index (κ2) is 5.29. The summed E-state index contributed by atoms with van der Waals surface area (Å²) in [7, 11) is 8.14. The summed E-state index contributed by atoms with van der Waals surface area (Å²) in [5.41, 5.74) is 4.19. The lowest BCUT2D eigenvalue weighted by Crippen LogP contribution is -2.30. The van der Waals surface area contributed by atoms with Crippen molar-refractivity contribution in [3.05, 3.63) is 28.8 Å². The molecule has 0 aromatic heterocycles. The highest BCUT2D eigenvalue weighted by Gasteiger charge is 2.22. The van der Waals surface area contributed by atoms with Crippen molar-refractivity contribution in [3.8, 4) is 5.75 Å². The molecular weight excluding hydrogens is 224 g/mol. The van der Waals surface area contributed by atoms with E-state index < -0.39 is 0 Å². The summed E-state index contributed by atoms with van der Waals surface area (Å²) in [6.07, 6.45) is 1.14. The number of benzene rings is 1. The van der Waals surface area contributed by atoms with Gasteiger partial charge in [0.1, 0.15) is 5.75 Å². The lowest BCUT2D eigenvalue weighted by Gasteiger charge is -2.33. The molecule has 1 atom stereocenters. The van der Waals surface area contributed by atoms with Gasteiger partial charge in [-0.05, 0) is 51.7 Å². The number of methoxy groups -OCH3 is 1. The van der Waals surface area contributed by atoms with Crippen molar-refractivity contribution in [2.75, 3.05) is 34.8 Å². The van der Waals surface area contributed by atoms with Crippen LogP contribution in [0.2, 0.25) is 0 Å². The third-order valence-corrected chi connectivity index (χ3v) is 3.87. The number of nitrogens with zero attached hydrogens (tertiary/aromatic N) is 2. The quantitative estimate of drug-likeness (QED) is 0.816. The zero-order valence-corrected chi connectivity index (χ0v) is 12.2. The van der Waals surface area contributed by atoms with Gasteiger partial charge in [-0.3, -0.25) is 4.90 Å². The molecule has 1 aliphatic heterocycles. The minimum Gasteiger partial charge on any atom is -0.496 e. The van der Waals surface area contributed by atoms with Crippen molar-refractivity contribution in [3.63, 3.8) is 0 Å². The first kappa shape index (κ1) is 13.4. The molecule has 1 aliphatic rings. The first-order valence-corrected chi connectivity index (χ1v) is 6.57. The SMILES string of the molecule is COc1cc2c(cc1CN(C)C)CCN(C)C2C. The molecule has 0 fully saturated rings. The topological polar surface area (TPSA) is 15.7 Å². The molecule has 1 unspecified atom stereocenters. The number of fused-ring (bicyclic) bond motifs is 1. The van der Waals surface area contributed by atoms with Crippen LogP contribution in [0.4, 0.5) is 0 Å². The van der Waals surface area contributed by atoms with Gasteiger partial charge in [0.05, 0.1) is 7.11 Å². The molecule has 0 saturated carbocycles. The van der Waals surface area contributed by atoms with Crippen molar-refractivity contribution in [1.82, 2.24) is 9.80 Å². The van der Waals surface area contributed by atoms with E-state index in [9.17, 15) is 0 Å². The number of rotatable bonds is 3. The molecule has 0 spiro atoms. The molecule has 0 radical (unpaired) electrons. The van der Waals surface area contributed by atoms with Gasteiger partial charge in [0.2, 0.25) is 0 Å². The first-order valence-electron chi connectivity index (χ1n) is 6.57. The summed E-state index contributed by atoms with van der Waals surface area (Å²) in [6.45, 7) is 4.34. The minimum atomic E-state index is 0.482. The largest absolute Gasteiger partial charge is 0.496 e. The summed E-state index contributed by atoms with van der Waals surface area (Å²) >= 11 is 0. The molecule has 2 rings (SSSR count). The Kier molecular flexibility index (Phi) is 3.93. The van der Waals surface area contributed by atoms with Gasteiger partial charge >= 0.3 is 0 Å². The third-order valence-electron chi connectivity index (χ3n) is 3.87. The van der Waals surface area contributed by atoms with Gasteiger partial charge in [-0.15, -0.1) is 0 Å². The van der Waals surface area contributed by atoms with E-state index in [2.05, 4.69) is 50.0 Å².